The molecule has 39 heavy (non-hydrogen) atoms. The first-order valence-corrected chi connectivity index (χ1v) is 15.8. The highest BCUT2D eigenvalue weighted by molar-refractivity contribution is 7.20. The van der Waals surface area contributed by atoms with Crippen LogP contribution in [-0.4, -0.2) is 0 Å². The standard InChI is InChI=1S/C37H32S2/c1-3-4-5-12-17-31-35(26-15-10-7-11-16-26)37-30-19-18-29-27(28(30)21-23-33(37)39-31)20-22-32-36(29)34(24(2)38-32)25-13-8-6-9-14-25/h6-11,13-16,18-23H,3-5,12,17H2,1-2H3. The highest BCUT2D eigenvalue weighted by Crippen LogP contribution is 2.47. The molecule has 0 nitrogen and oxygen atoms in total. The molecule has 7 aromatic rings. The molecule has 0 fully saturated rings. The molecule has 0 amide bonds. The van der Waals surface area contributed by atoms with Crippen LogP contribution >= 0.6 is 22.7 Å². The fourth-order valence-corrected chi connectivity index (χ4v) is 8.72. The first-order valence-electron chi connectivity index (χ1n) is 14.2. The van der Waals surface area contributed by atoms with Gasteiger partial charge < -0.3 is 0 Å². The molecule has 2 heterocycles. The largest absolute Gasteiger partial charge is 0.140 e. The van der Waals surface area contributed by atoms with E-state index in [0.717, 1.165) is 6.42 Å². The Morgan fingerprint density at radius 3 is 1.67 bits per heavy atom. The summed E-state index contributed by atoms with van der Waals surface area (Å²) >= 11 is 3.92. The summed E-state index contributed by atoms with van der Waals surface area (Å²) in [4.78, 5) is 2.92. The molecular weight excluding hydrogens is 509 g/mol. The third-order valence-corrected chi connectivity index (χ3v) is 10.4. The van der Waals surface area contributed by atoms with E-state index >= 15 is 0 Å². The van der Waals surface area contributed by atoms with Gasteiger partial charge in [0.15, 0.2) is 0 Å². The molecule has 0 radical (unpaired) electrons. The zero-order chi connectivity index (χ0) is 26.3. The Hall–Kier alpha value is -3.46. The van der Waals surface area contributed by atoms with E-state index in [4.69, 9.17) is 0 Å². The van der Waals surface area contributed by atoms with E-state index in [9.17, 15) is 0 Å². The van der Waals surface area contributed by atoms with Crippen LogP contribution in [0.1, 0.15) is 42.4 Å². The zero-order valence-electron chi connectivity index (χ0n) is 22.6. The highest BCUT2D eigenvalue weighted by atomic mass is 32.1. The SMILES string of the molecule is CCCCCCc1sc2ccc3c4ccc5sc(C)c(-c6ccccc6)c5c4ccc3c2c1-c1ccccc1. The number of hydrogen-bond acceptors (Lipinski definition) is 2. The summed E-state index contributed by atoms with van der Waals surface area (Å²) in [5, 5.41) is 8.28. The lowest BCUT2D eigenvalue weighted by Crippen LogP contribution is -1.87. The van der Waals surface area contributed by atoms with Crippen molar-refractivity contribution in [3.05, 3.63) is 107 Å². The molecule has 0 unspecified atom stereocenters. The van der Waals surface area contributed by atoms with E-state index < -0.39 is 0 Å². The summed E-state index contributed by atoms with van der Waals surface area (Å²) in [6.07, 6.45) is 6.33. The second kappa shape index (κ2) is 10.3. The molecule has 0 aliphatic heterocycles. The quantitative estimate of drug-likeness (QED) is 0.139. The van der Waals surface area contributed by atoms with Crippen molar-refractivity contribution in [1.29, 1.82) is 0 Å². The maximum Gasteiger partial charge on any atom is 0.0358 e. The Morgan fingerprint density at radius 2 is 1.05 bits per heavy atom. The molecule has 7 rings (SSSR count). The average molecular weight is 541 g/mol. The fourth-order valence-electron chi connectivity index (χ4n) is 6.33. The monoisotopic (exact) mass is 540 g/mol. The van der Waals surface area contributed by atoms with Crippen molar-refractivity contribution in [2.75, 3.05) is 0 Å². The Morgan fingerprint density at radius 1 is 0.513 bits per heavy atom. The van der Waals surface area contributed by atoms with E-state index in [0.29, 0.717) is 0 Å². The summed E-state index contributed by atoms with van der Waals surface area (Å²) < 4.78 is 2.78. The number of fused-ring (bicyclic) bond motifs is 7. The summed E-state index contributed by atoms with van der Waals surface area (Å²) in [6, 6.07) is 36.2. The zero-order valence-corrected chi connectivity index (χ0v) is 24.2. The Kier molecular flexibility index (Phi) is 6.46. The van der Waals surface area contributed by atoms with Crippen LogP contribution in [0.25, 0.3) is 64.0 Å². The van der Waals surface area contributed by atoms with Crippen LogP contribution in [0.4, 0.5) is 0 Å². The molecule has 0 spiro atoms. The summed E-state index contributed by atoms with van der Waals surface area (Å²) in [5.74, 6) is 0. The Balaban J connectivity index is 1.50. The number of aryl methyl sites for hydroxylation is 2. The molecule has 0 aliphatic carbocycles. The number of rotatable bonds is 7. The average Bonchev–Trinajstić information content (AvgIpc) is 3.53. The van der Waals surface area contributed by atoms with Crippen molar-refractivity contribution in [1.82, 2.24) is 0 Å². The molecular formula is C37H32S2. The van der Waals surface area contributed by atoms with Crippen molar-refractivity contribution < 1.29 is 0 Å². The molecule has 0 bridgehead atoms. The fraction of sp³-hybridized carbons (Fsp3) is 0.189. The van der Waals surface area contributed by atoms with Crippen molar-refractivity contribution in [2.24, 2.45) is 0 Å². The van der Waals surface area contributed by atoms with Crippen LogP contribution in [0, 0.1) is 6.92 Å². The molecule has 192 valence electrons. The van der Waals surface area contributed by atoms with Gasteiger partial charge in [0.1, 0.15) is 0 Å². The van der Waals surface area contributed by atoms with Crippen molar-refractivity contribution in [2.45, 2.75) is 46.0 Å². The van der Waals surface area contributed by atoms with Gasteiger partial charge in [-0.3, -0.25) is 0 Å². The summed E-state index contributed by atoms with van der Waals surface area (Å²) in [7, 11) is 0. The number of benzene rings is 5. The Bertz CT molecular complexity index is 1940. The van der Waals surface area contributed by atoms with E-state index in [1.165, 1.54) is 99.4 Å². The first-order chi connectivity index (χ1) is 19.2. The summed E-state index contributed by atoms with van der Waals surface area (Å²) in [6.45, 7) is 4.56. The molecule has 0 saturated carbocycles. The lowest BCUT2D eigenvalue weighted by Gasteiger charge is -2.11. The van der Waals surface area contributed by atoms with E-state index in [1.807, 2.05) is 22.7 Å². The highest BCUT2D eigenvalue weighted by Gasteiger charge is 2.19. The predicted molar refractivity (Wildman–Crippen MR) is 176 cm³/mol. The lowest BCUT2D eigenvalue weighted by atomic mass is 9.92. The van der Waals surface area contributed by atoms with Gasteiger partial charge in [-0.2, -0.15) is 0 Å². The minimum atomic E-state index is 1.16. The van der Waals surface area contributed by atoms with Crippen molar-refractivity contribution in [3.63, 3.8) is 0 Å². The van der Waals surface area contributed by atoms with Gasteiger partial charge in [-0.15, -0.1) is 22.7 Å². The van der Waals surface area contributed by atoms with Crippen LogP contribution in [-0.2, 0) is 6.42 Å². The first kappa shape index (κ1) is 24.6. The maximum absolute atomic E-state index is 2.40. The number of unbranched alkanes of at least 4 members (excludes halogenated alkanes) is 3. The molecule has 5 aromatic carbocycles. The van der Waals surface area contributed by atoms with E-state index in [1.54, 1.807) is 0 Å². The molecule has 0 atom stereocenters. The van der Waals surface area contributed by atoms with Crippen LogP contribution in [0.3, 0.4) is 0 Å². The molecule has 2 aromatic heterocycles. The minimum absolute atomic E-state index is 1.16. The smallest absolute Gasteiger partial charge is 0.0358 e. The van der Waals surface area contributed by atoms with Gasteiger partial charge in [0.05, 0.1) is 0 Å². The van der Waals surface area contributed by atoms with Gasteiger partial charge in [-0.05, 0) is 64.6 Å². The predicted octanol–water partition coefficient (Wildman–Crippen LogP) is 12.2. The van der Waals surface area contributed by atoms with Gasteiger partial charge in [0, 0.05) is 41.1 Å². The van der Waals surface area contributed by atoms with Crippen LogP contribution in [0.2, 0.25) is 0 Å². The van der Waals surface area contributed by atoms with Crippen LogP contribution in [0.5, 0.6) is 0 Å². The van der Waals surface area contributed by atoms with Crippen LogP contribution < -0.4 is 0 Å². The van der Waals surface area contributed by atoms with Gasteiger partial charge in [0.2, 0.25) is 0 Å². The van der Waals surface area contributed by atoms with Crippen molar-refractivity contribution >= 4 is 64.4 Å². The van der Waals surface area contributed by atoms with Gasteiger partial charge in [-0.1, -0.05) is 111 Å². The van der Waals surface area contributed by atoms with Crippen molar-refractivity contribution in [3.8, 4) is 22.3 Å². The lowest BCUT2D eigenvalue weighted by molar-refractivity contribution is 0.670. The van der Waals surface area contributed by atoms with Crippen LogP contribution in [0.15, 0.2) is 97.1 Å². The topological polar surface area (TPSA) is 0 Å². The maximum atomic E-state index is 2.40. The molecule has 0 aliphatic rings. The molecule has 0 N–H and O–H groups in total. The van der Waals surface area contributed by atoms with E-state index in [2.05, 4.69) is 111 Å². The molecule has 0 saturated heterocycles. The number of thiophene rings is 2. The van der Waals surface area contributed by atoms with E-state index in [-0.39, 0.29) is 0 Å². The van der Waals surface area contributed by atoms with Gasteiger partial charge in [0.25, 0.3) is 0 Å². The normalized spacial score (nSPS) is 11.8. The van der Waals surface area contributed by atoms with Gasteiger partial charge >= 0.3 is 0 Å². The molecule has 2 heteroatoms. The summed E-state index contributed by atoms with van der Waals surface area (Å²) in [5.41, 5.74) is 5.49. The Labute approximate surface area is 238 Å². The number of hydrogen-bond donors (Lipinski definition) is 0. The third-order valence-electron chi connectivity index (χ3n) is 8.13. The third kappa shape index (κ3) is 4.18. The second-order valence-electron chi connectivity index (χ2n) is 10.6. The second-order valence-corrected chi connectivity index (χ2v) is 13.0. The van der Waals surface area contributed by atoms with Gasteiger partial charge in [-0.25, -0.2) is 0 Å². The minimum Gasteiger partial charge on any atom is -0.140 e.